The number of aliphatic hydroxyl groups excluding tert-OH is 1. The van der Waals surface area contributed by atoms with Crippen molar-refractivity contribution in [1.29, 1.82) is 0 Å². The van der Waals surface area contributed by atoms with Crippen molar-refractivity contribution in [3.8, 4) is 0 Å². The quantitative estimate of drug-likeness (QED) is 0.705. The van der Waals surface area contributed by atoms with E-state index in [9.17, 15) is 0 Å². The van der Waals surface area contributed by atoms with Crippen LogP contribution in [-0.4, -0.2) is 18.3 Å². The van der Waals surface area contributed by atoms with Crippen LogP contribution in [0.4, 0.5) is 11.4 Å². The van der Waals surface area contributed by atoms with Crippen molar-refractivity contribution in [3.63, 3.8) is 0 Å². The molecule has 4 N–H and O–H groups in total. The maximum Gasteiger partial charge on any atom is 0.0585 e. The van der Waals surface area contributed by atoms with Crippen molar-refractivity contribution in [2.24, 2.45) is 5.92 Å². The van der Waals surface area contributed by atoms with E-state index in [0.717, 1.165) is 35.2 Å². The smallest absolute Gasteiger partial charge is 0.0585 e. The largest absolute Gasteiger partial charge is 0.397 e. The first kappa shape index (κ1) is 13.3. The van der Waals surface area contributed by atoms with E-state index in [0.29, 0.717) is 5.92 Å². The molecular weight excluding hydrogens is 268 g/mol. The maximum absolute atomic E-state index is 8.90. The third-order valence-corrected chi connectivity index (χ3v) is 3.20. The number of hydrogen-bond donors (Lipinski definition) is 3. The zero-order valence-electron chi connectivity index (χ0n) is 9.54. The van der Waals surface area contributed by atoms with Crippen LogP contribution < -0.4 is 11.1 Å². The van der Waals surface area contributed by atoms with Gasteiger partial charge in [0, 0.05) is 17.6 Å². The van der Waals surface area contributed by atoms with Crippen molar-refractivity contribution in [2.75, 3.05) is 24.2 Å². The van der Waals surface area contributed by atoms with Crippen LogP contribution >= 0.6 is 15.9 Å². The molecule has 0 spiro atoms. The molecule has 0 aliphatic heterocycles. The zero-order chi connectivity index (χ0) is 12.0. The van der Waals surface area contributed by atoms with E-state index < -0.39 is 0 Å². The van der Waals surface area contributed by atoms with Gasteiger partial charge in [0.05, 0.1) is 11.4 Å². The molecule has 0 saturated heterocycles. The number of halogens is 1. The van der Waals surface area contributed by atoms with Crippen molar-refractivity contribution < 1.29 is 5.11 Å². The molecule has 1 rings (SSSR count). The molecule has 1 unspecified atom stereocenters. The summed E-state index contributed by atoms with van der Waals surface area (Å²) in [5.41, 5.74) is 7.56. The molecule has 0 aliphatic carbocycles. The van der Waals surface area contributed by atoms with E-state index in [1.54, 1.807) is 0 Å². The second-order valence-electron chi connectivity index (χ2n) is 3.90. The minimum Gasteiger partial charge on any atom is -0.397 e. The molecule has 0 bridgehead atoms. The average molecular weight is 287 g/mol. The average Bonchev–Trinajstić information content (AvgIpc) is 2.28. The number of nitrogens with two attached hydrogens (primary N) is 1. The summed E-state index contributed by atoms with van der Waals surface area (Å²) in [5.74, 6) is 0.489. The molecule has 0 radical (unpaired) electrons. The Balaban J connectivity index is 2.55. The van der Waals surface area contributed by atoms with Gasteiger partial charge in [-0.15, -0.1) is 0 Å². The van der Waals surface area contributed by atoms with Crippen molar-refractivity contribution in [2.45, 2.75) is 19.8 Å². The van der Waals surface area contributed by atoms with Gasteiger partial charge in [0.15, 0.2) is 0 Å². The third kappa shape index (κ3) is 4.02. The summed E-state index contributed by atoms with van der Waals surface area (Å²) in [6.45, 7) is 3.22. The highest BCUT2D eigenvalue weighted by atomic mass is 79.9. The summed E-state index contributed by atoms with van der Waals surface area (Å²) >= 11 is 3.42. The summed E-state index contributed by atoms with van der Waals surface area (Å²) in [6.07, 6.45) is 1.89. The number of anilines is 2. The molecule has 0 amide bonds. The lowest BCUT2D eigenvalue weighted by Gasteiger charge is -2.16. The van der Waals surface area contributed by atoms with E-state index in [-0.39, 0.29) is 6.61 Å². The van der Waals surface area contributed by atoms with Gasteiger partial charge in [0.2, 0.25) is 0 Å². The molecular formula is C12H19BrN2O. The number of rotatable bonds is 6. The summed E-state index contributed by atoms with van der Waals surface area (Å²) < 4.78 is 1.01. The van der Waals surface area contributed by atoms with Crippen LogP contribution in [0.1, 0.15) is 19.8 Å². The lowest BCUT2D eigenvalue weighted by molar-refractivity contribution is 0.258. The standard InChI is InChI=1S/C12H19BrN2O/c1-2-9(5-6-16)8-15-12-7-10(13)3-4-11(12)14/h3-4,7,9,15-16H,2,5-6,8,14H2,1H3. The minimum absolute atomic E-state index is 0.244. The number of aliphatic hydroxyl groups is 1. The van der Waals surface area contributed by atoms with Gasteiger partial charge in [0.1, 0.15) is 0 Å². The van der Waals surface area contributed by atoms with E-state index in [1.807, 2.05) is 18.2 Å². The van der Waals surface area contributed by atoms with Gasteiger partial charge >= 0.3 is 0 Å². The Morgan fingerprint density at radius 2 is 2.25 bits per heavy atom. The Hall–Kier alpha value is -0.740. The molecule has 90 valence electrons. The van der Waals surface area contributed by atoms with E-state index in [4.69, 9.17) is 10.8 Å². The van der Waals surface area contributed by atoms with E-state index >= 15 is 0 Å². The maximum atomic E-state index is 8.90. The highest BCUT2D eigenvalue weighted by molar-refractivity contribution is 9.10. The molecule has 0 fully saturated rings. The van der Waals surface area contributed by atoms with Gasteiger partial charge < -0.3 is 16.2 Å². The van der Waals surface area contributed by atoms with Crippen LogP contribution in [0.5, 0.6) is 0 Å². The van der Waals surface area contributed by atoms with Gasteiger partial charge in [0.25, 0.3) is 0 Å². The first-order chi connectivity index (χ1) is 7.67. The highest BCUT2D eigenvalue weighted by Gasteiger charge is 2.06. The Labute approximate surface area is 105 Å². The molecule has 3 nitrogen and oxygen atoms in total. The first-order valence-electron chi connectivity index (χ1n) is 5.57. The summed E-state index contributed by atoms with van der Waals surface area (Å²) in [4.78, 5) is 0. The van der Waals surface area contributed by atoms with Gasteiger partial charge in [-0.25, -0.2) is 0 Å². The fourth-order valence-electron chi connectivity index (χ4n) is 1.57. The normalized spacial score (nSPS) is 12.4. The minimum atomic E-state index is 0.244. The Morgan fingerprint density at radius 1 is 1.50 bits per heavy atom. The monoisotopic (exact) mass is 286 g/mol. The Kier molecular flexibility index (Phi) is 5.63. The molecule has 0 aromatic heterocycles. The fourth-order valence-corrected chi connectivity index (χ4v) is 1.93. The van der Waals surface area contributed by atoms with E-state index in [2.05, 4.69) is 28.2 Å². The van der Waals surface area contributed by atoms with Gasteiger partial charge in [-0.3, -0.25) is 0 Å². The van der Waals surface area contributed by atoms with Crippen molar-refractivity contribution >= 4 is 27.3 Å². The fraction of sp³-hybridized carbons (Fsp3) is 0.500. The first-order valence-corrected chi connectivity index (χ1v) is 6.36. The number of nitrogens with one attached hydrogen (secondary N) is 1. The lowest BCUT2D eigenvalue weighted by Crippen LogP contribution is -2.15. The number of hydrogen-bond acceptors (Lipinski definition) is 3. The van der Waals surface area contributed by atoms with Gasteiger partial charge in [-0.05, 0) is 30.5 Å². The van der Waals surface area contributed by atoms with Crippen LogP contribution in [-0.2, 0) is 0 Å². The molecule has 0 aliphatic rings. The molecule has 4 heteroatoms. The van der Waals surface area contributed by atoms with E-state index in [1.165, 1.54) is 0 Å². The van der Waals surface area contributed by atoms with Crippen molar-refractivity contribution in [1.82, 2.24) is 0 Å². The SMILES string of the molecule is CCC(CCO)CNc1cc(Br)ccc1N. The predicted octanol–water partition coefficient (Wildman–Crippen LogP) is 2.85. The highest BCUT2D eigenvalue weighted by Crippen LogP contribution is 2.23. The van der Waals surface area contributed by atoms with Crippen molar-refractivity contribution in [3.05, 3.63) is 22.7 Å². The molecule has 1 aromatic rings. The Bertz CT molecular complexity index is 331. The predicted molar refractivity (Wildman–Crippen MR) is 72.5 cm³/mol. The van der Waals surface area contributed by atoms with Crippen LogP contribution in [0.25, 0.3) is 0 Å². The molecule has 1 aromatic carbocycles. The molecule has 0 saturated carbocycles. The molecule has 0 heterocycles. The Morgan fingerprint density at radius 3 is 2.88 bits per heavy atom. The van der Waals surface area contributed by atoms with Gasteiger partial charge in [-0.2, -0.15) is 0 Å². The third-order valence-electron chi connectivity index (χ3n) is 2.71. The molecule has 1 atom stereocenters. The lowest BCUT2D eigenvalue weighted by atomic mass is 10.0. The second kappa shape index (κ2) is 6.76. The topological polar surface area (TPSA) is 58.3 Å². The summed E-state index contributed by atoms with van der Waals surface area (Å²) in [5, 5.41) is 12.2. The van der Waals surface area contributed by atoms with Crippen LogP contribution in [0.15, 0.2) is 22.7 Å². The molecule has 16 heavy (non-hydrogen) atoms. The van der Waals surface area contributed by atoms with Crippen LogP contribution in [0.3, 0.4) is 0 Å². The van der Waals surface area contributed by atoms with Gasteiger partial charge in [-0.1, -0.05) is 29.3 Å². The summed E-state index contributed by atoms with van der Waals surface area (Å²) in [7, 11) is 0. The van der Waals surface area contributed by atoms with Crippen LogP contribution in [0, 0.1) is 5.92 Å². The van der Waals surface area contributed by atoms with Crippen LogP contribution in [0.2, 0.25) is 0 Å². The summed E-state index contributed by atoms with van der Waals surface area (Å²) in [6, 6.07) is 5.77. The second-order valence-corrected chi connectivity index (χ2v) is 4.81. The number of benzene rings is 1. The zero-order valence-corrected chi connectivity index (χ0v) is 11.1. The number of nitrogen functional groups attached to an aromatic ring is 1.